The number of ether oxygens (including phenoxy) is 2. The summed E-state index contributed by atoms with van der Waals surface area (Å²) in [5.74, 6) is 2.37. The topological polar surface area (TPSA) is 61.2 Å². The summed E-state index contributed by atoms with van der Waals surface area (Å²) in [5, 5.41) is 7.78. The van der Waals surface area contributed by atoms with E-state index in [1.54, 1.807) is 13.4 Å². The molecule has 1 aliphatic heterocycles. The maximum absolute atomic E-state index is 5.93. The van der Waals surface area contributed by atoms with Crippen LogP contribution in [0.25, 0.3) is 5.70 Å². The molecule has 0 radical (unpaired) electrons. The molecule has 2 heterocycles. The average molecular weight is 410 g/mol. The van der Waals surface area contributed by atoms with E-state index in [2.05, 4.69) is 45.7 Å². The summed E-state index contributed by atoms with van der Waals surface area (Å²) >= 11 is 0. The van der Waals surface area contributed by atoms with Gasteiger partial charge in [0, 0.05) is 5.70 Å². The third-order valence-corrected chi connectivity index (χ3v) is 5.28. The van der Waals surface area contributed by atoms with E-state index in [-0.39, 0.29) is 6.04 Å². The molecule has 0 bridgehead atoms. The average Bonchev–Trinajstić information content (AvgIpc) is 3.32. The SMILES string of the molecule is COc1ccc(C2=C[C@@H](c3ccc(OCc4ccccc4)cc3)n3ncnc3N2)cc1. The van der Waals surface area contributed by atoms with Crippen LogP contribution in [0.2, 0.25) is 0 Å². The summed E-state index contributed by atoms with van der Waals surface area (Å²) in [5.41, 5.74) is 4.29. The van der Waals surface area contributed by atoms with Gasteiger partial charge in [0.05, 0.1) is 7.11 Å². The summed E-state index contributed by atoms with van der Waals surface area (Å²) in [6, 6.07) is 26.2. The summed E-state index contributed by atoms with van der Waals surface area (Å²) in [6.45, 7) is 0.544. The molecule has 0 fully saturated rings. The van der Waals surface area contributed by atoms with Crippen molar-refractivity contribution < 1.29 is 9.47 Å². The number of fused-ring (bicyclic) bond motifs is 1. The Morgan fingerprint density at radius 3 is 2.39 bits per heavy atom. The third kappa shape index (κ3) is 4.00. The molecule has 0 saturated carbocycles. The highest BCUT2D eigenvalue weighted by atomic mass is 16.5. The Kier molecular flexibility index (Phi) is 5.10. The number of nitrogens with one attached hydrogen (secondary N) is 1. The van der Waals surface area contributed by atoms with Gasteiger partial charge in [-0.15, -0.1) is 0 Å². The molecule has 0 unspecified atom stereocenters. The Balaban J connectivity index is 1.39. The smallest absolute Gasteiger partial charge is 0.226 e. The molecule has 0 spiro atoms. The molecule has 1 aromatic heterocycles. The van der Waals surface area contributed by atoms with Gasteiger partial charge in [0.25, 0.3) is 0 Å². The minimum Gasteiger partial charge on any atom is -0.497 e. The Morgan fingerprint density at radius 2 is 1.65 bits per heavy atom. The fourth-order valence-electron chi connectivity index (χ4n) is 3.61. The number of hydrogen-bond donors (Lipinski definition) is 1. The van der Waals surface area contributed by atoms with Gasteiger partial charge < -0.3 is 14.8 Å². The number of nitrogens with zero attached hydrogens (tertiary/aromatic N) is 3. The molecule has 1 atom stereocenters. The van der Waals surface area contributed by atoms with Crippen LogP contribution in [0.5, 0.6) is 11.5 Å². The lowest BCUT2D eigenvalue weighted by atomic mass is 10.0. The Labute approximate surface area is 180 Å². The van der Waals surface area contributed by atoms with Crippen molar-refractivity contribution in [1.82, 2.24) is 14.8 Å². The van der Waals surface area contributed by atoms with Crippen LogP contribution < -0.4 is 14.8 Å². The molecule has 1 aliphatic rings. The van der Waals surface area contributed by atoms with Crippen LogP contribution in [0, 0.1) is 0 Å². The molecule has 0 aliphatic carbocycles. The first-order chi connectivity index (χ1) is 15.3. The molecule has 5 rings (SSSR count). The van der Waals surface area contributed by atoms with Crippen LogP contribution in [0.1, 0.15) is 22.7 Å². The highest BCUT2D eigenvalue weighted by Gasteiger charge is 2.23. The van der Waals surface area contributed by atoms with Crippen LogP contribution in [0.4, 0.5) is 5.95 Å². The van der Waals surface area contributed by atoms with E-state index in [1.807, 2.05) is 59.3 Å². The number of benzene rings is 3. The van der Waals surface area contributed by atoms with Gasteiger partial charge in [-0.1, -0.05) is 42.5 Å². The molecule has 0 saturated heterocycles. The third-order valence-electron chi connectivity index (χ3n) is 5.28. The molecule has 6 heteroatoms. The van der Waals surface area contributed by atoms with Gasteiger partial charge in [0.15, 0.2) is 0 Å². The zero-order valence-electron chi connectivity index (χ0n) is 17.1. The largest absolute Gasteiger partial charge is 0.497 e. The standard InChI is InChI=1S/C25H22N4O2/c1-30-21-11-7-19(8-12-21)23-15-24(29-25(28-23)26-17-27-29)20-9-13-22(14-10-20)31-16-18-5-3-2-4-6-18/h2-15,17,24H,16H2,1H3,(H,26,27,28)/t24-/m0/s1. The molecular formula is C25H22N4O2. The molecule has 0 amide bonds. The Morgan fingerprint density at radius 1 is 0.903 bits per heavy atom. The van der Waals surface area contributed by atoms with Crippen molar-refractivity contribution in [1.29, 1.82) is 0 Å². The minimum atomic E-state index is -0.0703. The number of rotatable bonds is 6. The van der Waals surface area contributed by atoms with Gasteiger partial charge in [-0.25, -0.2) is 4.68 Å². The highest BCUT2D eigenvalue weighted by molar-refractivity contribution is 5.77. The molecular weight excluding hydrogens is 388 g/mol. The molecule has 31 heavy (non-hydrogen) atoms. The maximum atomic E-state index is 5.93. The normalized spacial score (nSPS) is 14.9. The van der Waals surface area contributed by atoms with Crippen LogP contribution in [0.3, 0.4) is 0 Å². The second-order valence-electron chi connectivity index (χ2n) is 7.25. The second-order valence-corrected chi connectivity index (χ2v) is 7.25. The lowest BCUT2D eigenvalue weighted by molar-refractivity contribution is 0.306. The van der Waals surface area contributed by atoms with E-state index in [1.165, 1.54) is 0 Å². The van der Waals surface area contributed by atoms with Gasteiger partial charge in [0.2, 0.25) is 5.95 Å². The zero-order chi connectivity index (χ0) is 21.0. The summed E-state index contributed by atoms with van der Waals surface area (Å²) in [7, 11) is 1.67. The molecule has 3 aromatic carbocycles. The quantitative estimate of drug-likeness (QED) is 0.489. The van der Waals surface area contributed by atoms with Gasteiger partial charge >= 0.3 is 0 Å². The van der Waals surface area contributed by atoms with Crippen molar-refractivity contribution in [3.63, 3.8) is 0 Å². The first-order valence-corrected chi connectivity index (χ1v) is 10.1. The van der Waals surface area contributed by atoms with Crippen LogP contribution >= 0.6 is 0 Å². The van der Waals surface area contributed by atoms with E-state index in [9.17, 15) is 0 Å². The van der Waals surface area contributed by atoms with Crippen molar-refractivity contribution in [2.24, 2.45) is 0 Å². The van der Waals surface area contributed by atoms with Crippen LogP contribution in [-0.4, -0.2) is 21.9 Å². The molecule has 154 valence electrons. The van der Waals surface area contributed by atoms with Gasteiger partial charge in [-0.2, -0.15) is 10.1 Å². The van der Waals surface area contributed by atoms with Crippen molar-refractivity contribution in [2.45, 2.75) is 12.6 Å². The maximum Gasteiger partial charge on any atom is 0.226 e. The minimum absolute atomic E-state index is 0.0703. The molecule has 4 aromatic rings. The van der Waals surface area contributed by atoms with Crippen molar-refractivity contribution >= 4 is 11.6 Å². The van der Waals surface area contributed by atoms with E-state index < -0.39 is 0 Å². The predicted molar refractivity (Wildman–Crippen MR) is 120 cm³/mol. The van der Waals surface area contributed by atoms with E-state index in [4.69, 9.17) is 9.47 Å². The highest BCUT2D eigenvalue weighted by Crippen LogP contribution is 2.33. The van der Waals surface area contributed by atoms with Gasteiger partial charge in [-0.3, -0.25) is 0 Å². The molecule has 1 N–H and O–H groups in total. The van der Waals surface area contributed by atoms with Gasteiger partial charge in [-0.05, 0) is 59.2 Å². The van der Waals surface area contributed by atoms with Gasteiger partial charge in [0.1, 0.15) is 30.5 Å². The van der Waals surface area contributed by atoms with Crippen molar-refractivity contribution in [3.05, 3.63) is 108 Å². The first kappa shape index (κ1) is 18.9. The number of methoxy groups -OCH3 is 1. The monoisotopic (exact) mass is 410 g/mol. The Bertz CT molecular complexity index is 1180. The lowest BCUT2D eigenvalue weighted by Gasteiger charge is -2.24. The number of anilines is 1. The summed E-state index contributed by atoms with van der Waals surface area (Å²) in [4.78, 5) is 4.37. The van der Waals surface area contributed by atoms with Crippen molar-refractivity contribution in [2.75, 3.05) is 12.4 Å². The number of allylic oxidation sites excluding steroid dienone is 1. The number of hydrogen-bond acceptors (Lipinski definition) is 5. The van der Waals surface area contributed by atoms with E-state index in [0.717, 1.165) is 33.9 Å². The predicted octanol–water partition coefficient (Wildman–Crippen LogP) is 4.92. The number of aromatic nitrogens is 3. The van der Waals surface area contributed by atoms with E-state index >= 15 is 0 Å². The van der Waals surface area contributed by atoms with Crippen molar-refractivity contribution in [3.8, 4) is 11.5 Å². The first-order valence-electron chi connectivity index (χ1n) is 10.1. The lowest BCUT2D eigenvalue weighted by Crippen LogP contribution is -2.20. The molecule has 6 nitrogen and oxygen atoms in total. The van der Waals surface area contributed by atoms with Crippen LogP contribution in [0.15, 0.2) is 91.3 Å². The summed E-state index contributed by atoms with van der Waals surface area (Å²) in [6.07, 6.45) is 3.72. The summed E-state index contributed by atoms with van der Waals surface area (Å²) < 4.78 is 13.1. The second kappa shape index (κ2) is 8.36. The Hall–Kier alpha value is -4.06. The van der Waals surface area contributed by atoms with E-state index in [0.29, 0.717) is 12.6 Å². The zero-order valence-corrected chi connectivity index (χ0v) is 17.1. The van der Waals surface area contributed by atoms with Crippen LogP contribution in [-0.2, 0) is 6.61 Å². The fourth-order valence-corrected chi connectivity index (χ4v) is 3.61. The fraction of sp³-hybridized carbons (Fsp3) is 0.120.